The van der Waals surface area contributed by atoms with Crippen molar-refractivity contribution in [1.29, 1.82) is 0 Å². The van der Waals surface area contributed by atoms with Crippen molar-refractivity contribution in [3.8, 4) is 10.6 Å². The van der Waals surface area contributed by atoms with Crippen molar-refractivity contribution in [2.75, 3.05) is 12.4 Å². The van der Waals surface area contributed by atoms with Crippen molar-refractivity contribution >= 4 is 62.2 Å². The van der Waals surface area contributed by atoms with Crippen LogP contribution in [0.25, 0.3) is 10.6 Å². The van der Waals surface area contributed by atoms with Gasteiger partial charge in [-0.05, 0) is 30.7 Å². The van der Waals surface area contributed by atoms with Crippen molar-refractivity contribution in [2.24, 2.45) is 0 Å². The van der Waals surface area contributed by atoms with E-state index in [0.29, 0.717) is 15.6 Å². The fourth-order valence-corrected chi connectivity index (χ4v) is 6.58. The number of thiazole rings is 1. The third-order valence-electron chi connectivity index (χ3n) is 5.87. The monoisotopic (exact) mass is 639 g/mol. The Morgan fingerprint density at radius 2 is 1.85 bits per heavy atom. The maximum Gasteiger partial charge on any atom is 0.434 e. The summed E-state index contributed by atoms with van der Waals surface area (Å²) < 4.78 is 82.6. The molecule has 40 heavy (non-hydrogen) atoms. The lowest BCUT2D eigenvalue weighted by molar-refractivity contribution is -0.141. The number of halogens is 6. The normalized spacial score (nSPS) is 19.3. The van der Waals surface area contributed by atoms with Gasteiger partial charge in [-0.3, -0.25) is 9.59 Å². The predicted molar refractivity (Wildman–Crippen MR) is 141 cm³/mol. The Morgan fingerprint density at radius 1 is 1.15 bits per heavy atom. The number of anilines is 1. The molecule has 0 spiro atoms. The molecular formula is C23H19Cl2F4N5O4S2. The minimum absolute atomic E-state index is 0.0141. The first-order chi connectivity index (χ1) is 18.7. The Hall–Kier alpha value is -2.82. The van der Waals surface area contributed by atoms with Crippen molar-refractivity contribution in [3.63, 3.8) is 0 Å². The first-order valence-corrected chi connectivity index (χ1v) is 14.3. The van der Waals surface area contributed by atoms with Gasteiger partial charge in [-0.15, -0.1) is 11.3 Å². The van der Waals surface area contributed by atoms with E-state index < -0.39 is 58.3 Å². The summed E-state index contributed by atoms with van der Waals surface area (Å²) in [5.74, 6) is -2.52. The van der Waals surface area contributed by atoms with E-state index in [4.69, 9.17) is 23.2 Å². The Morgan fingerprint density at radius 3 is 2.50 bits per heavy atom. The molecule has 0 saturated carbocycles. The zero-order chi connectivity index (χ0) is 29.4. The molecule has 1 fully saturated rings. The average Bonchev–Trinajstić information content (AvgIpc) is 3.31. The number of carbonyl (C=O) groups excluding carboxylic acids is 2. The van der Waals surface area contributed by atoms with Crippen LogP contribution in [0.15, 0.2) is 42.5 Å². The number of rotatable bonds is 6. The number of alkyl halides is 3. The van der Waals surface area contributed by atoms with Gasteiger partial charge in [0.05, 0.1) is 21.5 Å². The van der Waals surface area contributed by atoms with Crippen molar-refractivity contribution in [2.45, 2.75) is 31.2 Å². The third kappa shape index (κ3) is 6.56. The van der Waals surface area contributed by atoms with Gasteiger partial charge in [-0.1, -0.05) is 41.4 Å². The first-order valence-electron chi connectivity index (χ1n) is 11.3. The summed E-state index contributed by atoms with van der Waals surface area (Å²) in [4.78, 5) is 29.1. The number of benzene rings is 2. The molecule has 17 heteroatoms. The van der Waals surface area contributed by atoms with Gasteiger partial charge >= 0.3 is 6.18 Å². The summed E-state index contributed by atoms with van der Waals surface area (Å²) in [5, 5.41) is 4.61. The van der Waals surface area contributed by atoms with E-state index in [0.717, 1.165) is 19.2 Å². The topological polar surface area (TPSA) is 120 Å². The summed E-state index contributed by atoms with van der Waals surface area (Å²) in [6.07, 6.45) is -5.19. The largest absolute Gasteiger partial charge is 0.434 e. The highest BCUT2D eigenvalue weighted by Crippen LogP contribution is 2.39. The molecule has 3 aromatic rings. The standard InChI is InChI=1S/C23H19Cl2F4N5O4S2/c1-34-17(21(36)31-11-6-7-15(26)14(25)8-11)9-16(33-40(34,37)38)20(35)30-10-18-19(23(27,28)29)32-22(39-18)12-4-2-3-5-13(12)24/h2-8,16-17,33H,9-10H2,1H3,(H,30,35)(H,31,36). The van der Waals surface area contributed by atoms with Crippen LogP contribution in [-0.4, -0.2) is 48.7 Å². The molecule has 2 atom stereocenters. The van der Waals surface area contributed by atoms with Crippen molar-refractivity contribution in [3.05, 3.63) is 68.9 Å². The summed E-state index contributed by atoms with van der Waals surface area (Å²) in [6, 6.07) is 6.66. The summed E-state index contributed by atoms with van der Waals surface area (Å²) in [6.45, 7) is -0.616. The van der Waals surface area contributed by atoms with Gasteiger partial charge in [0.2, 0.25) is 11.8 Å². The van der Waals surface area contributed by atoms with Crippen LogP contribution in [0.1, 0.15) is 17.0 Å². The second-order valence-electron chi connectivity index (χ2n) is 8.55. The minimum Gasteiger partial charge on any atom is -0.350 e. The first kappa shape index (κ1) is 30.1. The maximum atomic E-state index is 13.7. The molecule has 0 bridgehead atoms. The number of hydrogen-bond donors (Lipinski definition) is 3. The number of likely N-dealkylation sites (N-methyl/N-ethyl adjacent to an activating group) is 1. The highest BCUT2D eigenvalue weighted by atomic mass is 35.5. The maximum absolute atomic E-state index is 13.7. The quantitative estimate of drug-likeness (QED) is 0.345. The zero-order valence-electron chi connectivity index (χ0n) is 20.2. The molecule has 0 aliphatic carbocycles. The van der Waals surface area contributed by atoms with E-state index in [2.05, 4.69) is 20.3 Å². The van der Waals surface area contributed by atoms with Crippen LogP contribution in [0.3, 0.4) is 0 Å². The lowest BCUT2D eigenvalue weighted by Gasteiger charge is -2.35. The molecule has 1 aliphatic heterocycles. The smallest absolute Gasteiger partial charge is 0.350 e. The van der Waals surface area contributed by atoms with Crippen molar-refractivity contribution in [1.82, 2.24) is 19.3 Å². The SMILES string of the molecule is CN1C(C(=O)Nc2ccc(F)c(Cl)c2)CC(C(=O)NCc2sc(-c3ccccc3Cl)nc2C(F)(F)F)NS1(=O)=O. The van der Waals surface area contributed by atoms with Gasteiger partial charge in [0.25, 0.3) is 10.2 Å². The summed E-state index contributed by atoms with van der Waals surface area (Å²) in [7, 11) is -3.22. The van der Waals surface area contributed by atoms with Crippen LogP contribution in [0.5, 0.6) is 0 Å². The minimum atomic E-state index is -4.84. The van der Waals surface area contributed by atoms with Gasteiger partial charge < -0.3 is 10.6 Å². The number of nitrogens with zero attached hydrogens (tertiary/aromatic N) is 2. The molecule has 2 heterocycles. The molecule has 3 N–H and O–H groups in total. The van der Waals surface area contributed by atoms with Gasteiger partial charge in [0.15, 0.2) is 5.69 Å². The van der Waals surface area contributed by atoms with Crippen LogP contribution in [-0.2, 0) is 32.5 Å². The van der Waals surface area contributed by atoms with E-state index in [1.165, 1.54) is 18.2 Å². The third-order valence-corrected chi connectivity index (χ3v) is 9.17. The number of hydrogen-bond acceptors (Lipinski definition) is 6. The fourth-order valence-electron chi connectivity index (χ4n) is 3.82. The molecule has 1 saturated heterocycles. The molecule has 2 unspecified atom stereocenters. The molecule has 2 amide bonds. The fraction of sp³-hybridized carbons (Fsp3) is 0.261. The Bertz CT molecular complexity index is 1570. The number of nitrogens with one attached hydrogen (secondary N) is 3. The van der Waals surface area contributed by atoms with Crippen LogP contribution in [0.2, 0.25) is 10.0 Å². The van der Waals surface area contributed by atoms with E-state index in [-0.39, 0.29) is 37.6 Å². The zero-order valence-corrected chi connectivity index (χ0v) is 23.4. The summed E-state index contributed by atoms with van der Waals surface area (Å²) in [5.41, 5.74) is -0.857. The molecule has 214 valence electrons. The van der Waals surface area contributed by atoms with Crippen molar-refractivity contribution < 1.29 is 35.6 Å². The summed E-state index contributed by atoms with van der Waals surface area (Å²) >= 11 is 12.5. The molecule has 9 nitrogen and oxygen atoms in total. The van der Waals surface area contributed by atoms with Crippen LogP contribution < -0.4 is 15.4 Å². The Kier molecular flexibility index (Phi) is 8.73. The number of aromatic nitrogens is 1. The van der Waals surface area contributed by atoms with E-state index in [1.54, 1.807) is 12.1 Å². The van der Waals surface area contributed by atoms with Gasteiger partial charge in [-0.25, -0.2) is 9.37 Å². The molecule has 0 radical (unpaired) electrons. The van der Waals surface area contributed by atoms with E-state index >= 15 is 0 Å². The molecule has 1 aromatic heterocycles. The van der Waals surface area contributed by atoms with Crippen LogP contribution in [0, 0.1) is 5.82 Å². The number of amides is 2. The highest BCUT2D eigenvalue weighted by molar-refractivity contribution is 7.87. The molecule has 1 aliphatic rings. The van der Waals surface area contributed by atoms with Gasteiger partial charge in [-0.2, -0.15) is 30.6 Å². The van der Waals surface area contributed by atoms with Crippen LogP contribution in [0.4, 0.5) is 23.2 Å². The highest BCUT2D eigenvalue weighted by Gasteiger charge is 2.43. The second kappa shape index (κ2) is 11.6. The number of carbonyl (C=O) groups is 2. The lowest BCUT2D eigenvalue weighted by Crippen LogP contribution is -2.62. The second-order valence-corrected chi connectivity index (χ2v) is 12.2. The lowest BCUT2D eigenvalue weighted by atomic mass is 10.1. The molecular weight excluding hydrogens is 621 g/mol. The van der Waals surface area contributed by atoms with Gasteiger partial charge in [0, 0.05) is 18.3 Å². The molecule has 2 aromatic carbocycles. The van der Waals surface area contributed by atoms with E-state index in [9.17, 15) is 35.6 Å². The predicted octanol–water partition coefficient (Wildman–Crippen LogP) is 4.44. The Labute approximate surface area is 239 Å². The van der Waals surface area contributed by atoms with E-state index in [1.807, 2.05) is 0 Å². The van der Waals surface area contributed by atoms with Gasteiger partial charge in [0.1, 0.15) is 22.9 Å². The Balaban J connectivity index is 1.51. The molecule has 4 rings (SSSR count). The van der Waals surface area contributed by atoms with Crippen LogP contribution >= 0.6 is 34.5 Å². The average molecular weight is 640 g/mol.